The van der Waals surface area contributed by atoms with Gasteiger partial charge in [0.25, 0.3) is 0 Å². The van der Waals surface area contributed by atoms with Crippen LogP contribution in [-0.4, -0.2) is 36.9 Å². The Bertz CT molecular complexity index is 883. The van der Waals surface area contributed by atoms with Crippen LogP contribution in [0.4, 0.5) is 0 Å². The molecule has 128 valence electrons. The lowest BCUT2D eigenvalue weighted by Crippen LogP contribution is -2.41. The summed E-state index contributed by atoms with van der Waals surface area (Å²) >= 11 is 0. The molecule has 2 unspecified atom stereocenters. The molecule has 3 aromatic rings. The average molecular weight is 335 g/mol. The smallest absolute Gasteiger partial charge is 0.247 e. The van der Waals surface area contributed by atoms with Crippen molar-refractivity contribution in [1.29, 1.82) is 0 Å². The standard InChI is InChI=1S/C19H21N5O/c1-14(24-9-5-8-20-24)19(25)23-12-15-6-3-4-7-17(15)18(13-23)16-10-21-22(2)11-16/h3-11,14,18H,12-13H2,1-2H3. The van der Waals surface area contributed by atoms with E-state index in [1.54, 1.807) is 10.9 Å². The van der Waals surface area contributed by atoms with E-state index in [9.17, 15) is 4.79 Å². The lowest BCUT2D eigenvalue weighted by molar-refractivity contribution is -0.135. The van der Waals surface area contributed by atoms with Gasteiger partial charge in [0.1, 0.15) is 6.04 Å². The molecule has 25 heavy (non-hydrogen) atoms. The summed E-state index contributed by atoms with van der Waals surface area (Å²) in [5.74, 6) is 0.236. The van der Waals surface area contributed by atoms with Crippen LogP contribution >= 0.6 is 0 Å². The number of hydrogen-bond acceptors (Lipinski definition) is 3. The molecule has 2 aromatic heterocycles. The number of carbonyl (C=O) groups excluding carboxylic acids is 1. The van der Waals surface area contributed by atoms with Gasteiger partial charge < -0.3 is 4.90 Å². The van der Waals surface area contributed by atoms with Crippen LogP contribution < -0.4 is 0 Å². The number of nitrogens with zero attached hydrogens (tertiary/aromatic N) is 5. The fourth-order valence-electron chi connectivity index (χ4n) is 3.57. The Hall–Kier alpha value is -2.89. The van der Waals surface area contributed by atoms with Crippen molar-refractivity contribution in [2.75, 3.05) is 6.54 Å². The van der Waals surface area contributed by atoms with Crippen LogP contribution in [0, 0.1) is 0 Å². The maximum Gasteiger partial charge on any atom is 0.247 e. The quantitative estimate of drug-likeness (QED) is 0.738. The van der Waals surface area contributed by atoms with Crippen LogP contribution in [0.15, 0.2) is 55.1 Å². The van der Waals surface area contributed by atoms with E-state index in [2.05, 4.69) is 28.4 Å². The lowest BCUT2D eigenvalue weighted by Gasteiger charge is -2.35. The highest BCUT2D eigenvalue weighted by Crippen LogP contribution is 2.34. The normalized spacial score (nSPS) is 18.0. The maximum absolute atomic E-state index is 13.0. The molecule has 0 bridgehead atoms. The van der Waals surface area contributed by atoms with E-state index in [0.717, 1.165) is 5.56 Å². The molecule has 2 atom stereocenters. The topological polar surface area (TPSA) is 56.0 Å². The third-order valence-corrected chi connectivity index (χ3v) is 4.91. The number of amides is 1. The minimum Gasteiger partial charge on any atom is -0.336 e. The third kappa shape index (κ3) is 2.84. The summed E-state index contributed by atoms with van der Waals surface area (Å²) < 4.78 is 3.52. The molecule has 1 aliphatic rings. The zero-order valence-corrected chi connectivity index (χ0v) is 14.4. The highest BCUT2D eigenvalue weighted by molar-refractivity contribution is 5.80. The number of aryl methyl sites for hydroxylation is 1. The number of rotatable bonds is 3. The Labute approximate surface area is 146 Å². The van der Waals surface area contributed by atoms with Gasteiger partial charge in [-0.25, -0.2) is 0 Å². The highest BCUT2D eigenvalue weighted by Gasteiger charge is 2.32. The molecule has 4 rings (SSSR count). The van der Waals surface area contributed by atoms with E-state index in [0.29, 0.717) is 13.1 Å². The fraction of sp³-hybridized carbons (Fsp3) is 0.316. The molecule has 0 aliphatic carbocycles. The molecule has 1 amide bonds. The van der Waals surface area contributed by atoms with Crippen LogP contribution in [0.5, 0.6) is 0 Å². The van der Waals surface area contributed by atoms with Crippen molar-refractivity contribution in [3.05, 3.63) is 71.8 Å². The summed E-state index contributed by atoms with van der Waals surface area (Å²) in [4.78, 5) is 15.0. The molecule has 3 heterocycles. The molecular weight excluding hydrogens is 314 g/mol. The van der Waals surface area contributed by atoms with Crippen LogP contribution in [-0.2, 0) is 18.4 Å². The molecule has 0 radical (unpaired) electrons. The minimum absolute atomic E-state index is 0.0899. The zero-order chi connectivity index (χ0) is 17.4. The van der Waals surface area contributed by atoms with Crippen molar-refractivity contribution in [3.8, 4) is 0 Å². The first kappa shape index (κ1) is 15.6. The molecule has 6 heteroatoms. The van der Waals surface area contributed by atoms with Crippen molar-refractivity contribution >= 4 is 5.91 Å². The van der Waals surface area contributed by atoms with Crippen molar-refractivity contribution in [1.82, 2.24) is 24.5 Å². The Morgan fingerprint density at radius 3 is 2.80 bits per heavy atom. The second kappa shape index (κ2) is 6.20. The lowest BCUT2D eigenvalue weighted by atomic mass is 9.86. The summed E-state index contributed by atoms with van der Waals surface area (Å²) in [6.07, 6.45) is 7.46. The third-order valence-electron chi connectivity index (χ3n) is 4.91. The molecule has 1 aromatic carbocycles. The van der Waals surface area contributed by atoms with E-state index in [-0.39, 0.29) is 17.9 Å². The predicted molar refractivity (Wildman–Crippen MR) is 93.8 cm³/mol. The van der Waals surface area contributed by atoms with E-state index >= 15 is 0 Å². The number of aromatic nitrogens is 4. The van der Waals surface area contributed by atoms with E-state index < -0.39 is 0 Å². The van der Waals surface area contributed by atoms with Crippen LogP contribution in [0.2, 0.25) is 0 Å². The van der Waals surface area contributed by atoms with Crippen LogP contribution in [0.1, 0.15) is 35.6 Å². The van der Waals surface area contributed by atoms with Gasteiger partial charge in [-0.05, 0) is 29.7 Å². The summed E-state index contributed by atoms with van der Waals surface area (Å²) in [5, 5.41) is 8.52. The van der Waals surface area contributed by atoms with E-state index in [4.69, 9.17) is 0 Å². The number of fused-ring (bicyclic) bond motifs is 1. The zero-order valence-electron chi connectivity index (χ0n) is 14.4. The molecule has 0 spiro atoms. The Kier molecular flexibility index (Phi) is 3.87. The summed E-state index contributed by atoms with van der Waals surface area (Å²) in [5.41, 5.74) is 3.62. The number of benzene rings is 1. The predicted octanol–water partition coefficient (Wildman–Crippen LogP) is 2.35. The Morgan fingerprint density at radius 2 is 2.08 bits per heavy atom. The first-order valence-corrected chi connectivity index (χ1v) is 8.47. The molecule has 0 saturated carbocycles. The fourth-order valence-corrected chi connectivity index (χ4v) is 3.57. The van der Waals surface area contributed by atoms with Gasteiger partial charge in [0.15, 0.2) is 0 Å². The monoisotopic (exact) mass is 335 g/mol. The van der Waals surface area contributed by atoms with Gasteiger partial charge in [-0.2, -0.15) is 10.2 Å². The molecular formula is C19H21N5O. The number of hydrogen-bond donors (Lipinski definition) is 0. The maximum atomic E-state index is 13.0. The Morgan fingerprint density at radius 1 is 1.24 bits per heavy atom. The van der Waals surface area contributed by atoms with Crippen molar-refractivity contribution in [3.63, 3.8) is 0 Å². The van der Waals surface area contributed by atoms with Crippen LogP contribution in [0.25, 0.3) is 0 Å². The summed E-state index contributed by atoms with van der Waals surface area (Å²) in [7, 11) is 1.92. The minimum atomic E-state index is -0.310. The SMILES string of the molecule is CC(C(=O)N1Cc2ccccc2C(c2cnn(C)c2)C1)n1cccn1. The molecule has 0 fully saturated rings. The van der Waals surface area contributed by atoms with Gasteiger partial charge in [-0.1, -0.05) is 24.3 Å². The van der Waals surface area contributed by atoms with Crippen molar-refractivity contribution in [2.45, 2.75) is 25.4 Å². The summed E-state index contributed by atoms with van der Waals surface area (Å²) in [6.45, 7) is 3.19. The van der Waals surface area contributed by atoms with Gasteiger partial charge >= 0.3 is 0 Å². The number of carbonyl (C=O) groups is 1. The first-order chi connectivity index (χ1) is 12.1. The van der Waals surface area contributed by atoms with Crippen molar-refractivity contribution < 1.29 is 4.79 Å². The molecule has 0 saturated heterocycles. The van der Waals surface area contributed by atoms with Gasteiger partial charge in [-0.15, -0.1) is 0 Å². The second-order valence-electron chi connectivity index (χ2n) is 6.58. The largest absolute Gasteiger partial charge is 0.336 e. The first-order valence-electron chi connectivity index (χ1n) is 8.47. The Balaban J connectivity index is 1.66. The van der Waals surface area contributed by atoms with Gasteiger partial charge in [0, 0.05) is 44.6 Å². The molecule has 0 N–H and O–H groups in total. The van der Waals surface area contributed by atoms with Gasteiger partial charge in [0.05, 0.1) is 6.20 Å². The van der Waals surface area contributed by atoms with Gasteiger partial charge in [-0.3, -0.25) is 14.2 Å². The van der Waals surface area contributed by atoms with Crippen LogP contribution in [0.3, 0.4) is 0 Å². The molecule has 1 aliphatic heterocycles. The van der Waals surface area contributed by atoms with Gasteiger partial charge in [0.2, 0.25) is 5.91 Å². The highest BCUT2D eigenvalue weighted by atomic mass is 16.2. The van der Waals surface area contributed by atoms with E-state index in [1.807, 2.05) is 54.3 Å². The van der Waals surface area contributed by atoms with Crippen molar-refractivity contribution in [2.24, 2.45) is 7.05 Å². The molecule has 6 nitrogen and oxygen atoms in total. The second-order valence-corrected chi connectivity index (χ2v) is 6.58. The average Bonchev–Trinajstić information content (AvgIpc) is 3.31. The van der Waals surface area contributed by atoms with E-state index in [1.165, 1.54) is 11.1 Å². The summed E-state index contributed by atoms with van der Waals surface area (Å²) in [6, 6.07) is 9.89.